The van der Waals surface area contributed by atoms with Gasteiger partial charge in [-0.05, 0) is 38.7 Å². The third-order valence-corrected chi connectivity index (χ3v) is 3.89. The molecule has 1 unspecified atom stereocenters. The molecule has 2 aliphatic rings. The molecule has 1 aliphatic carbocycles. The molecule has 4 heteroatoms. The van der Waals surface area contributed by atoms with Crippen molar-refractivity contribution in [2.24, 2.45) is 0 Å². The highest BCUT2D eigenvalue weighted by Gasteiger charge is 2.28. The molecule has 3 rings (SSSR count). The topological polar surface area (TPSA) is 37.4 Å². The van der Waals surface area contributed by atoms with E-state index in [0.29, 0.717) is 12.6 Å². The Kier molecular flexibility index (Phi) is 3.87. The van der Waals surface area contributed by atoms with E-state index in [1.807, 2.05) is 19.1 Å². The van der Waals surface area contributed by atoms with E-state index in [1.165, 1.54) is 25.7 Å². The van der Waals surface area contributed by atoms with Gasteiger partial charge in [0.15, 0.2) is 0 Å². The van der Waals surface area contributed by atoms with Gasteiger partial charge in [0.2, 0.25) is 5.88 Å². The van der Waals surface area contributed by atoms with Crippen molar-refractivity contribution in [1.29, 1.82) is 0 Å². The zero-order valence-corrected chi connectivity index (χ0v) is 11.6. The minimum atomic E-state index is 0.588. The Balaban J connectivity index is 1.66. The normalized spacial score (nSPS) is 22.8. The standard InChI is InChI=1S/C15H23N3O/c1-2-19-15-7-3-6-14(17-15)18-10-4-5-13(18)11-16-12-8-9-12/h3,6-7,12-13,16H,2,4-5,8-11H2,1H3. The lowest BCUT2D eigenvalue weighted by atomic mass is 10.2. The average molecular weight is 261 g/mol. The number of hydrogen-bond donors (Lipinski definition) is 1. The summed E-state index contributed by atoms with van der Waals surface area (Å²) in [5, 5.41) is 3.64. The van der Waals surface area contributed by atoms with Gasteiger partial charge in [-0.1, -0.05) is 6.07 Å². The molecule has 1 atom stereocenters. The molecule has 1 aliphatic heterocycles. The Morgan fingerprint density at radius 2 is 2.26 bits per heavy atom. The lowest BCUT2D eigenvalue weighted by molar-refractivity contribution is 0.327. The summed E-state index contributed by atoms with van der Waals surface area (Å²) in [6.07, 6.45) is 5.23. The van der Waals surface area contributed by atoms with Crippen molar-refractivity contribution in [1.82, 2.24) is 10.3 Å². The molecule has 2 fully saturated rings. The molecule has 0 bridgehead atoms. The second kappa shape index (κ2) is 5.78. The molecule has 1 saturated heterocycles. The number of nitrogens with zero attached hydrogens (tertiary/aromatic N) is 2. The lowest BCUT2D eigenvalue weighted by Crippen LogP contribution is -2.39. The summed E-state index contributed by atoms with van der Waals surface area (Å²) in [5.74, 6) is 1.80. The van der Waals surface area contributed by atoms with Crippen LogP contribution in [0, 0.1) is 0 Å². The highest BCUT2D eigenvalue weighted by atomic mass is 16.5. The van der Waals surface area contributed by atoms with E-state index in [2.05, 4.69) is 21.3 Å². The molecule has 4 nitrogen and oxygen atoms in total. The molecule has 0 amide bonds. The van der Waals surface area contributed by atoms with Gasteiger partial charge in [0.05, 0.1) is 6.61 Å². The van der Waals surface area contributed by atoms with Crippen molar-refractivity contribution in [3.8, 4) is 5.88 Å². The molecule has 0 radical (unpaired) electrons. The molecule has 1 aromatic heterocycles. The zero-order valence-electron chi connectivity index (χ0n) is 11.6. The van der Waals surface area contributed by atoms with Gasteiger partial charge in [-0.25, -0.2) is 0 Å². The fourth-order valence-electron chi connectivity index (χ4n) is 2.73. The molecule has 1 saturated carbocycles. The van der Waals surface area contributed by atoms with Crippen LogP contribution in [0.15, 0.2) is 18.2 Å². The summed E-state index contributed by atoms with van der Waals surface area (Å²) in [6.45, 7) is 4.86. The summed E-state index contributed by atoms with van der Waals surface area (Å²) in [7, 11) is 0. The molecule has 1 aromatic rings. The Hall–Kier alpha value is -1.29. The minimum absolute atomic E-state index is 0.588. The van der Waals surface area contributed by atoms with E-state index in [-0.39, 0.29) is 0 Å². The van der Waals surface area contributed by atoms with Crippen LogP contribution in [0.1, 0.15) is 32.6 Å². The van der Waals surface area contributed by atoms with Crippen molar-refractivity contribution in [2.45, 2.75) is 44.7 Å². The SMILES string of the molecule is CCOc1cccc(N2CCCC2CNC2CC2)n1. The molecular weight excluding hydrogens is 238 g/mol. The van der Waals surface area contributed by atoms with E-state index < -0.39 is 0 Å². The van der Waals surface area contributed by atoms with Crippen LogP contribution in [0.2, 0.25) is 0 Å². The van der Waals surface area contributed by atoms with Gasteiger partial charge in [0.1, 0.15) is 5.82 Å². The molecule has 104 valence electrons. The fraction of sp³-hybridized carbons (Fsp3) is 0.667. The number of anilines is 1. The van der Waals surface area contributed by atoms with E-state index in [0.717, 1.165) is 30.8 Å². The number of rotatable bonds is 6. The molecule has 1 N–H and O–H groups in total. The highest BCUT2D eigenvalue weighted by Crippen LogP contribution is 2.26. The van der Waals surface area contributed by atoms with Crippen LogP contribution >= 0.6 is 0 Å². The summed E-state index contributed by atoms with van der Waals surface area (Å²) < 4.78 is 5.50. The second-order valence-corrected chi connectivity index (χ2v) is 5.44. The first kappa shape index (κ1) is 12.7. The predicted molar refractivity (Wildman–Crippen MR) is 76.8 cm³/mol. The molecule has 0 spiro atoms. The number of nitrogens with one attached hydrogen (secondary N) is 1. The van der Waals surface area contributed by atoms with Gasteiger partial charge in [-0.3, -0.25) is 0 Å². The maximum Gasteiger partial charge on any atom is 0.215 e. The summed E-state index contributed by atoms with van der Waals surface area (Å²) in [4.78, 5) is 7.04. The van der Waals surface area contributed by atoms with E-state index in [9.17, 15) is 0 Å². The minimum Gasteiger partial charge on any atom is -0.478 e. The third kappa shape index (κ3) is 3.18. The molecule has 0 aromatic carbocycles. The van der Waals surface area contributed by atoms with Gasteiger partial charge in [0.25, 0.3) is 0 Å². The number of aromatic nitrogens is 1. The summed E-state index contributed by atoms with van der Waals surface area (Å²) >= 11 is 0. The zero-order chi connectivity index (χ0) is 13.1. The first-order valence-electron chi connectivity index (χ1n) is 7.46. The molecular formula is C15H23N3O. The maximum atomic E-state index is 5.50. The van der Waals surface area contributed by atoms with Crippen LogP contribution in [-0.4, -0.2) is 36.8 Å². The quantitative estimate of drug-likeness (QED) is 0.852. The Morgan fingerprint density at radius 1 is 1.37 bits per heavy atom. The van der Waals surface area contributed by atoms with Crippen molar-refractivity contribution in [3.05, 3.63) is 18.2 Å². The van der Waals surface area contributed by atoms with Crippen LogP contribution < -0.4 is 15.0 Å². The number of ether oxygens (including phenoxy) is 1. The molecule has 19 heavy (non-hydrogen) atoms. The highest BCUT2D eigenvalue weighted by molar-refractivity contribution is 5.43. The Morgan fingerprint density at radius 3 is 3.05 bits per heavy atom. The Labute approximate surface area is 115 Å². The third-order valence-electron chi connectivity index (χ3n) is 3.89. The maximum absolute atomic E-state index is 5.50. The molecule has 2 heterocycles. The predicted octanol–water partition coefficient (Wildman–Crippen LogP) is 2.20. The lowest BCUT2D eigenvalue weighted by Gasteiger charge is -2.26. The average Bonchev–Trinajstić information content (AvgIpc) is 3.14. The second-order valence-electron chi connectivity index (χ2n) is 5.44. The monoisotopic (exact) mass is 261 g/mol. The van der Waals surface area contributed by atoms with Crippen LogP contribution in [0.5, 0.6) is 5.88 Å². The van der Waals surface area contributed by atoms with E-state index >= 15 is 0 Å². The summed E-state index contributed by atoms with van der Waals surface area (Å²) in [5.41, 5.74) is 0. The van der Waals surface area contributed by atoms with Crippen LogP contribution in [0.4, 0.5) is 5.82 Å². The van der Waals surface area contributed by atoms with Crippen molar-refractivity contribution < 1.29 is 4.74 Å². The van der Waals surface area contributed by atoms with Gasteiger partial charge in [0, 0.05) is 31.2 Å². The smallest absolute Gasteiger partial charge is 0.215 e. The first-order chi connectivity index (χ1) is 9.36. The fourth-order valence-corrected chi connectivity index (χ4v) is 2.73. The van der Waals surface area contributed by atoms with Crippen LogP contribution in [0.3, 0.4) is 0 Å². The summed E-state index contributed by atoms with van der Waals surface area (Å²) in [6, 6.07) is 7.44. The van der Waals surface area contributed by atoms with Crippen LogP contribution in [-0.2, 0) is 0 Å². The van der Waals surface area contributed by atoms with Gasteiger partial charge in [-0.2, -0.15) is 4.98 Å². The van der Waals surface area contributed by atoms with Crippen molar-refractivity contribution >= 4 is 5.82 Å². The number of pyridine rings is 1. The first-order valence-corrected chi connectivity index (χ1v) is 7.46. The largest absolute Gasteiger partial charge is 0.478 e. The Bertz CT molecular complexity index is 420. The van der Waals surface area contributed by atoms with Gasteiger partial charge >= 0.3 is 0 Å². The van der Waals surface area contributed by atoms with Crippen molar-refractivity contribution in [2.75, 3.05) is 24.6 Å². The van der Waals surface area contributed by atoms with Crippen molar-refractivity contribution in [3.63, 3.8) is 0 Å². The number of hydrogen-bond acceptors (Lipinski definition) is 4. The van der Waals surface area contributed by atoms with E-state index in [4.69, 9.17) is 4.74 Å². The van der Waals surface area contributed by atoms with E-state index in [1.54, 1.807) is 0 Å². The van der Waals surface area contributed by atoms with Crippen LogP contribution in [0.25, 0.3) is 0 Å². The van der Waals surface area contributed by atoms with Gasteiger partial charge in [-0.15, -0.1) is 0 Å². The van der Waals surface area contributed by atoms with Gasteiger partial charge < -0.3 is 15.0 Å².